The van der Waals surface area contributed by atoms with Crippen LogP contribution < -0.4 is 5.73 Å². The van der Waals surface area contributed by atoms with Crippen LogP contribution >= 0.6 is 15.9 Å². The average molecular weight is 315 g/mol. The smallest absolute Gasteiger partial charge is 0.246 e. The van der Waals surface area contributed by atoms with Crippen molar-refractivity contribution in [2.24, 2.45) is 12.8 Å². The Morgan fingerprint density at radius 2 is 2.17 bits per heavy atom. The van der Waals surface area contributed by atoms with E-state index in [1.807, 2.05) is 6.92 Å². The Kier molecular flexibility index (Phi) is 3.54. The minimum Gasteiger partial charge on any atom is -0.320 e. The Morgan fingerprint density at radius 1 is 1.50 bits per heavy atom. The van der Waals surface area contributed by atoms with Crippen LogP contribution in [0.15, 0.2) is 4.47 Å². The van der Waals surface area contributed by atoms with Gasteiger partial charge in [-0.3, -0.25) is 19.2 Å². The van der Waals surface area contributed by atoms with Crippen molar-refractivity contribution in [3.05, 3.63) is 15.9 Å². The number of rotatable bonds is 2. The molecule has 0 saturated carbocycles. The molecule has 1 saturated heterocycles. The van der Waals surface area contributed by atoms with Gasteiger partial charge in [0.1, 0.15) is 0 Å². The van der Waals surface area contributed by atoms with Gasteiger partial charge in [-0.05, 0) is 29.3 Å². The second-order valence-corrected chi connectivity index (χ2v) is 5.23. The molecule has 1 aromatic heterocycles. The number of hydrogen-bond donors (Lipinski definition) is 1. The number of likely N-dealkylation sites (tertiary alicyclic amines) is 1. The van der Waals surface area contributed by atoms with Gasteiger partial charge >= 0.3 is 0 Å². The molecule has 1 atom stereocenters. The van der Waals surface area contributed by atoms with Crippen molar-refractivity contribution < 1.29 is 9.59 Å². The van der Waals surface area contributed by atoms with Crippen LogP contribution in [0.3, 0.4) is 0 Å². The SMILES string of the molecule is Cc1nn(C)c(CN2C(=O)CCC(N)C2=O)c1Br. The number of aryl methyl sites for hydroxylation is 2. The van der Waals surface area contributed by atoms with Crippen molar-refractivity contribution in [1.82, 2.24) is 14.7 Å². The normalized spacial score (nSPS) is 20.7. The maximum absolute atomic E-state index is 11.9. The van der Waals surface area contributed by atoms with Crippen molar-refractivity contribution in [2.45, 2.75) is 32.4 Å². The van der Waals surface area contributed by atoms with Gasteiger partial charge in [0.2, 0.25) is 11.8 Å². The van der Waals surface area contributed by atoms with E-state index in [4.69, 9.17) is 5.73 Å². The molecule has 98 valence electrons. The number of hydrogen-bond acceptors (Lipinski definition) is 4. The quantitative estimate of drug-likeness (QED) is 0.804. The summed E-state index contributed by atoms with van der Waals surface area (Å²) in [5.74, 6) is -0.482. The van der Waals surface area contributed by atoms with E-state index in [9.17, 15) is 9.59 Å². The van der Waals surface area contributed by atoms with E-state index in [1.165, 1.54) is 4.90 Å². The molecule has 1 aliphatic heterocycles. The fraction of sp³-hybridized carbons (Fsp3) is 0.545. The molecule has 1 aromatic rings. The molecule has 2 amide bonds. The van der Waals surface area contributed by atoms with Crippen molar-refractivity contribution >= 4 is 27.7 Å². The van der Waals surface area contributed by atoms with E-state index in [0.29, 0.717) is 12.8 Å². The largest absolute Gasteiger partial charge is 0.320 e. The number of nitrogens with zero attached hydrogens (tertiary/aromatic N) is 3. The summed E-state index contributed by atoms with van der Waals surface area (Å²) in [7, 11) is 1.78. The zero-order valence-corrected chi connectivity index (χ0v) is 11.9. The van der Waals surface area contributed by atoms with Crippen molar-refractivity contribution in [1.29, 1.82) is 0 Å². The molecule has 7 heteroatoms. The summed E-state index contributed by atoms with van der Waals surface area (Å²) in [6, 6.07) is -0.573. The summed E-state index contributed by atoms with van der Waals surface area (Å²) in [6.45, 7) is 2.07. The number of halogens is 1. The molecule has 2 heterocycles. The van der Waals surface area contributed by atoms with E-state index in [2.05, 4.69) is 21.0 Å². The van der Waals surface area contributed by atoms with Crippen molar-refractivity contribution in [2.75, 3.05) is 0 Å². The van der Waals surface area contributed by atoms with Crippen LogP contribution in [-0.4, -0.2) is 32.5 Å². The molecule has 18 heavy (non-hydrogen) atoms. The highest BCUT2D eigenvalue weighted by molar-refractivity contribution is 9.10. The molecule has 0 aliphatic carbocycles. The van der Waals surface area contributed by atoms with Crippen molar-refractivity contribution in [3.63, 3.8) is 0 Å². The fourth-order valence-corrected chi connectivity index (χ4v) is 2.49. The van der Waals surface area contributed by atoms with Crippen LogP contribution in [0.5, 0.6) is 0 Å². The molecule has 0 spiro atoms. The first-order valence-corrected chi connectivity index (χ1v) is 6.49. The second-order valence-electron chi connectivity index (χ2n) is 4.43. The minimum atomic E-state index is -0.573. The number of nitrogens with two attached hydrogens (primary N) is 1. The first-order chi connectivity index (χ1) is 8.41. The van der Waals surface area contributed by atoms with E-state index in [1.54, 1.807) is 11.7 Å². The first-order valence-electron chi connectivity index (χ1n) is 5.69. The van der Waals surface area contributed by atoms with Gasteiger partial charge < -0.3 is 5.73 Å². The van der Waals surface area contributed by atoms with Gasteiger partial charge in [0.25, 0.3) is 0 Å². The monoisotopic (exact) mass is 314 g/mol. The fourth-order valence-electron chi connectivity index (χ4n) is 2.03. The Bertz CT molecular complexity index is 511. The van der Waals surface area contributed by atoms with Crippen LogP contribution in [0, 0.1) is 6.92 Å². The van der Waals surface area contributed by atoms with E-state index in [-0.39, 0.29) is 18.4 Å². The molecule has 1 unspecified atom stereocenters. The standard InChI is InChI=1S/C11H15BrN4O2/c1-6-10(12)8(15(2)14-6)5-16-9(17)4-3-7(13)11(16)18/h7H,3-5,13H2,1-2H3. The van der Waals surface area contributed by atoms with Crippen LogP contribution in [0.4, 0.5) is 0 Å². The first kappa shape index (κ1) is 13.2. The van der Waals surface area contributed by atoms with Gasteiger partial charge in [0.15, 0.2) is 0 Å². The topological polar surface area (TPSA) is 81.2 Å². The van der Waals surface area contributed by atoms with Gasteiger partial charge in [0, 0.05) is 13.5 Å². The number of aromatic nitrogens is 2. The lowest BCUT2D eigenvalue weighted by molar-refractivity contribution is -0.150. The Hall–Kier alpha value is -1.21. The minimum absolute atomic E-state index is 0.174. The van der Waals surface area contributed by atoms with E-state index in [0.717, 1.165) is 15.9 Å². The summed E-state index contributed by atoms with van der Waals surface area (Å²) in [5, 5.41) is 4.23. The molecule has 0 bridgehead atoms. The number of carbonyl (C=O) groups is 2. The van der Waals surface area contributed by atoms with Gasteiger partial charge in [0.05, 0.1) is 28.4 Å². The summed E-state index contributed by atoms with van der Waals surface area (Å²) in [6.07, 6.45) is 0.751. The molecule has 1 fully saturated rings. The lowest BCUT2D eigenvalue weighted by atomic mass is 10.0. The molecule has 0 radical (unpaired) electrons. The lowest BCUT2D eigenvalue weighted by Crippen LogP contribution is -2.50. The number of piperidine rings is 1. The molecule has 0 aromatic carbocycles. The zero-order chi connectivity index (χ0) is 13.4. The summed E-state index contributed by atoms with van der Waals surface area (Å²) < 4.78 is 2.49. The number of carbonyl (C=O) groups excluding carboxylic acids is 2. The summed E-state index contributed by atoms with van der Waals surface area (Å²) in [4.78, 5) is 24.9. The van der Waals surface area contributed by atoms with Crippen LogP contribution in [0.2, 0.25) is 0 Å². The maximum atomic E-state index is 11.9. The molecule has 2 rings (SSSR count). The van der Waals surface area contributed by atoms with Crippen LogP contribution in [0.25, 0.3) is 0 Å². The number of imide groups is 1. The number of amides is 2. The van der Waals surface area contributed by atoms with Gasteiger partial charge in [-0.15, -0.1) is 0 Å². The molecule has 6 nitrogen and oxygen atoms in total. The van der Waals surface area contributed by atoms with Crippen molar-refractivity contribution in [3.8, 4) is 0 Å². The second kappa shape index (κ2) is 4.81. The van der Waals surface area contributed by atoms with Crippen LogP contribution in [0.1, 0.15) is 24.2 Å². The molecule has 2 N–H and O–H groups in total. The van der Waals surface area contributed by atoms with E-state index < -0.39 is 6.04 Å². The van der Waals surface area contributed by atoms with Gasteiger partial charge in [-0.2, -0.15) is 5.10 Å². The average Bonchev–Trinajstić information content (AvgIpc) is 2.55. The van der Waals surface area contributed by atoms with Gasteiger partial charge in [-0.25, -0.2) is 0 Å². The zero-order valence-electron chi connectivity index (χ0n) is 10.3. The highest BCUT2D eigenvalue weighted by Crippen LogP contribution is 2.23. The third kappa shape index (κ3) is 2.20. The van der Waals surface area contributed by atoms with E-state index >= 15 is 0 Å². The summed E-state index contributed by atoms with van der Waals surface area (Å²) in [5.41, 5.74) is 7.31. The van der Waals surface area contributed by atoms with Gasteiger partial charge in [-0.1, -0.05) is 0 Å². The molecule has 1 aliphatic rings. The third-order valence-corrected chi connectivity index (χ3v) is 4.15. The lowest BCUT2D eigenvalue weighted by Gasteiger charge is -2.28. The highest BCUT2D eigenvalue weighted by Gasteiger charge is 2.33. The third-order valence-electron chi connectivity index (χ3n) is 3.12. The highest BCUT2D eigenvalue weighted by atomic mass is 79.9. The molecular formula is C11H15BrN4O2. The molecular weight excluding hydrogens is 300 g/mol. The Morgan fingerprint density at radius 3 is 2.72 bits per heavy atom. The Balaban J connectivity index is 2.27. The summed E-state index contributed by atoms with van der Waals surface area (Å²) >= 11 is 3.42. The predicted molar refractivity (Wildman–Crippen MR) is 68.4 cm³/mol. The van der Waals surface area contributed by atoms with Crippen LogP contribution in [-0.2, 0) is 23.2 Å². The predicted octanol–water partition coefficient (Wildman–Crippen LogP) is 0.467. The Labute approximate surface area is 113 Å². The maximum Gasteiger partial charge on any atom is 0.246 e.